The van der Waals surface area contributed by atoms with Crippen LogP contribution in [-0.2, 0) is 14.8 Å². The summed E-state index contributed by atoms with van der Waals surface area (Å²) in [6.07, 6.45) is 1.28. The number of carbonyl (C=O) groups is 1. The smallest absolute Gasteiger partial charge is 0.255 e. The average Bonchev–Trinajstić information content (AvgIpc) is 2.67. The van der Waals surface area contributed by atoms with Crippen molar-refractivity contribution in [2.45, 2.75) is 4.90 Å². The Morgan fingerprint density at radius 2 is 1.82 bits per heavy atom. The fourth-order valence-corrected chi connectivity index (χ4v) is 3.76. The Hall–Kier alpha value is -3.10. The molecule has 3 rings (SSSR count). The van der Waals surface area contributed by atoms with Gasteiger partial charge in [-0.25, -0.2) is 18.2 Å². The lowest BCUT2D eigenvalue weighted by Gasteiger charge is -2.16. The molecular weight excluding hydrogens is 381 g/mol. The van der Waals surface area contributed by atoms with Crippen molar-refractivity contribution in [1.29, 1.82) is 0 Å². The third-order valence-corrected chi connectivity index (χ3v) is 5.85. The summed E-state index contributed by atoms with van der Waals surface area (Å²) in [5.41, 5.74) is 2.71. The number of hydrogen-bond acceptors (Lipinski definition) is 4. The largest absolute Gasteiger partial charge is 0.272 e. The number of amides is 1. The van der Waals surface area contributed by atoms with E-state index in [2.05, 4.69) is 10.5 Å². The molecule has 144 valence electrons. The number of likely N-dealkylation sites (N-methyl/N-ethyl adjacent to an activating group) is 1. The molecule has 0 aliphatic rings. The molecule has 6 nitrogen and oxygen atoms in total. The fraction of sp³-hybridized carbons (Fsp3) is 0.100. The number of hydrogen-bond donors (Lipinski definition) is 1. The van der Waals surface area contributed by atoms with E-state index in [4.69, 9.17) is 0 Å². The SMILES string of the molecule is CN(CC(=O)N/N=C\c1cccc(F)c1)S(=O)(=O)c1ccc2ccccc2c1. The molecule has 28 heavy (non-hydrogen) atoms. The predicted octanol–water partition coefficient (Wildman–Crippen LogP) is 2.75. The van der Waals surface area contributed by atoms with Crippen LogP contribution in [0.4, 0.5) is 4.39 Å². The molecule has 0 saturated carbocycles. The van der Waals surface area contributed by atoms with Gasteiger partial charge in [-0.2, -0.15) is 9.41 Å². The quantitative estimate of drug-likeness (QED) is 0.511. The Kier molecular flexibility index (Phi) is 5.81. The highest BCUT2D eigenvalue weighted by Crippen LogP contribution is 2.21. The van der Waals surface area contributed by atoms with Crippen molar-refractivity contribution in [3.05, 3.63) is 78.1 Å². The number of carbonyl (C=O) groups excluding carboxylic acids is 1. The maximum atomic E-state index is 13.1. The Morgan fingerprint density at radius 3 is 2.57 bits per heavy atom. The summed E-state index contributed by atoms with van der Waals surface area (Å²) in [4.78, 5) is 12.1. The third kappa shape index (κ3) is 4.59. The molecule has 0 bridgehead atoms. The van der Waals surface area contributed by atoms with Crippen molar-refractivity contribution in [1.82, 2.24) is 9.73 Å². The Labute approximate surface area is 162 Å². The minimum Gasteiger partial charge on any atom is -0.272 e. The molecule has 0 spiro atoms. The van der Waals surface area contributed by atoms with E-state index in [-0.39, 0.29) is 4.90 Å². The van der Waals surface area contributed by atoms with Crippen LogP contribution in [0.2, 0.25) is 0 Å². The van der Waals surface area contributed by atoms with E-state index in [0.717, 1.165) is 15.1 Å². The number of rotatable bonds is 6. The molecule has 0 fully saturated rings. The van der Waals surface area contributed by atoms with Gasteiger partial charge >= 0.3 is 0 Å². The number of fused-ring (bicyclic) bond motifs is 1. The number of nitrogens with one attached hydrogen (secondary N) is 1. The zero-order valence-electron chi connectivity index (χ0n) is 15.0. The second-order valence-electron chi connectivity index (χ2n) is 6.12. The zero-order valence-corrected chi connectivity index (χ0v) is 15.9. The van der Waals surface area contributed by atoms with Gasteiger partial charge < -0.3 is 0 Å². The molecule has 3 aromatic rings. The molecule has 0 saturated heterocycles. The second-order valence-corrected chi connectivity index (χ2v) is 8.16. The van der Waals surface area contributed by atoms with Gasteiger partial charge in [-0.1, -0.05) is 42.5 Å². The lowest BCUT2D eigenvalue weighted by Crippen LogP contribution is -2.36. The molecular formula is C20H18FN3O3S. The standard InChI is InChI=1S/C20H18FN3O3S/c1-24(14-20(25)23-22-13-15-5-4-8-18(21)11-15)28(26,27)19-10-9-16-6-2-3-7-17(16)12-19/h2-13H,14H2,1H3,(H,23,25)/b22-13-. The summed E-state index contributed by atoms with van der Waals surface area (Å²) < 4.78 is 39.5. The Balaban J connectivity index is 1.66. The van der Waals surface area contributed by atoms with Gasteiger partial charge in [0.25, 0.3) is 5.91 Å². The highest BCUT2D eigenvalue weighted by Gasteiger charge is 2.23. The maximum Gasteiger partial charge on any atom is 0.255 e. The molecule has 1 amide bonds. The molecule has 3 aromatic carbocycles. The van der Waals surface area contributed by atoms with Gasteiger partial charge in [-0.15, -0.1) is 0 Å². The van der Waals surface area contributed by atoms with E-state index in [1.807, 2.05) is 24.3 Å². The summed E-state index contributed by atoms with van der Waals surface area (Å²) in [6.45, 7) is -0.407. The molecule has 0 atom stereocenters. The molecule has 0 aromatic heterocycles. The highest BCUT2D eigenvalue weighted by molar-refractivity contribution is 7.89. The zero-order chi connectivity index (χ0) is 20.1. The monoisotopic (exact) mass is 399 g/mol. The van der Waals surface area contributed by atoms with Crippen LogP contribution in [0.15, 0.2) is 76.7 Å². The number of benzene rings is 3. The van der Waals surface area contributed by atoms with Crippen LogP contribution in [0, 0.1) is 5.82 Å². The van der Waals surface area contributed by atoms with E-state index in [1.165, 1.54) is 37.5 Å². The molecule has 0 unspecified atom stereocenters. The number of halogens is 1. The first-order valence-electron chi connectivity index (χ1n) is 8.39. The third-order valence-electron chi connectivity index (χ3n) is 4.05. The topological polar surface area (TPSA) is 78.8 Å². The predicted molar refractivity (Wildman–Crippen MR) is 106 cm³/mol. The van der Waals surface area contributed by atoms with Crippen molar-refractivity contribution < 1.29 is 17.6 Å². The summed E-state index contributed by atoms with van der Waals surface area (Å²) in [7, 11) is -2.52. The first-order valence-corrected chi connectivity index (χ1v) is 9.83. The molecule has 8 heteroatoms. The van der Waals surface area contributed by atoms with Gasteiger partial charge in [0.1, 0.15) is 5.82 Å². The van der Waals surface area contributed by atoms with Gasteiger partial charge in [-0.3, -0.25) is 4.79 Å². The number of hydrazone groups is 1. The van der Waals surface area contributed by atoms with Crippen molar-refractivity contribution in [2.24, 2.45) is 5.10 Å². The minimum absolute atomic E-state index is 0.102. The van der Waals surface area contributed by atoms with Gasteiger partial charge in [0.05, 0.1) is 17.7 Å². The Bertz CT molecular complexity index is 1150. The molecule has 0 radical (unpaired) electrons. The van der Waals surface area contributed by atoms with Crippen LogP contribution in [0.25, 0.3) is 10.8 Å². The summed E-state index contributed by atoms with van der Waals surface area (Å²) in [5, 5.41) is 5.44. The summed E-state index contributed by atoms with van der Waals surface area (Å²) >= 11 is 0. The molecule has 0 heterocycles. The fourth-order valence-electron chi connectivity index (χ4n) is 2.60. The van der Waals surface area contributed by atoms with E-state index in [9.17, 15) is 17.6 Å². The highest BCUT2D eigenvalue weighted by atomic mass is 32.2. The van der Waals surface area contributed by atoms with Gasteiger partial charge in [-0.05, 0) is 40.6 Å². The van der Waals surface area contributed by atoms with E-state index in [0.29, 0.717) is 5.56 Å². The second kappa shape index (κ2) is 8.28. The molecule has 0 aliphatic heterocycles. The lowest BCUT2D eigenvalue weighted by atomic mass is 10.1. The first-order chi connectivity index (χ1) is 13.4. The van der Waals surface area contributed by atoms with Crippen molar-refractivity contribution in [3.63, 3.8) is 0 Å². The van der Waals surface area contributed by atoms with E-state index >= 15 is 0 Å². The number of sulfonamides is 1. The van der Waals surface area contributed by atoms with Gasteiger partial charge in [0.15, 0.2) is 0 Å². The van der Waals surface area contributed by atoms with Crippen LogP contribution < -0.4 is 5.43 Å². The van der Waals surface area contributed by atoms with E-state index < -0.39 is 28.3 Å². The van der Waals surface area contributed by atoms with Crippen LogP contribution in [0.3, 0.4) is 0 Å². The normalized spacial score (nSPS) is 12.0. The first kappa shape index (κ1) is 19.7. The van der Waals surface area contributed by atoms with Gasteiger partial charge in [0.2, 0.25) is 10.0 Å². The summed E-state index contributed by atoms with van der Waals surface area (Å²) in [6, 6.07) is 17.9. The van der Waals surface area contributed by atoms with Crippen LogP contribution in [0.5, 0.6) is 0 Å². The molecule has 1 N–H and O–H groups in total. The number of nitrogens with zero attached hydrogens (tertiary/aromatic N) is 2. The van der Waals surface area contributed by atoms with Crippen LogP contribution in [-0.4, -0.2) is 38.4 Å². The van der Waals surface area contributed by atoms with Crippen molar-refractivity contribution in [3.8, 4) is 0 Å². The van der Waals surface area contributed by atoms with Crippen molar-refractivity contribution >= 4 is 32.9 Å². The maximum absolute atomic E-state index is 13.1. The van der Waals surface area contributed by atoms with Crippen molar-refractivity contribution in [2.75, 3.05) is 13.6 Å². The van der Waals surface area contributed by atoms with E-state index in [1.54, 1.807) is 18.2 Å². The molecule has 0 aliphatic carbocycles. The van der Waals surface area contributed by atoms with Crippen LogP contribution >= 0.6 is 0 Å². The summed E-state index contributed by atoms with van der Waals surface area (Å²) in [5.74, 6) is -1.03. The Morgan fingerprint density at radius 1 is 1.07 bits per heavy atom. The lowest BCUT2D eigenvalue weighted by molar-refractivity contribution is -0.121. The average molecular weight is 399 g/mol. The van der Waals surface area contributed by atoms with Crippen LogP contribution in [0.1, 0.15) is 5.56 Å². The minimum atomic E-state index is -3.84. The van der Waals surface area contributed by atoms with Gasteiger partial charge in [0, 0.05) is 7.05 Å².